The lowest BCUT2D eigenvalue weighted by Crippen LogP contribution is -2.20. The summed E-state index contributed by atoms with van der Waals surface area (Å²) in [6, 6.07) is 3.32. The third kappa shape index (κ3) is 3.19. The lowest BCUT2D eigenvalue weighted by molar-refractivity contribution is 0.398. The van der Waals surface area contributed by atoms with E-state index < -0.39 is 0 Å². The number of halogens is 2. The molecule has 0 fully saturated rings. The first-order valence-corrected chi connectivity index (χ1v) is 6.15. The Morgan fingerprint density at radius 2 is 2.19 bits per heavy atom. The molecule has 0 saturated carbocycles. The molecule has 16 heavy (non-hydrogen) atoms. The van der Waals surface area contributed by atoms with Crippen molar-refractivity contribution in [3.05, 3.63) is 28.0 Å². The summed E-state index contributed by atoms with van der Waals surface area (Å²) in [5.41, 5.74) is 0.962. The Hall–Kier alpha value is -0.610. The van der Waals surface area contributed by atoms with Crippen LogP contribution in [-0.2, 0) is 0 Å². The molecule has 0 bridgehead atoms. The fourth-order valence-electron chi connectivity index (χ4n) is 1.53. The van der Waals surface area contributed by atoms with Crippen molar-refractivity contribution in [1.29, 1.82) is 0 Å². The van der Waals surface area contributed by atoms with Gasteiger partial charge in [0.1, 0.15) is 11.6 Å². The number of hydrogen-bond acceptors (Lipinski definition) is 2. The van der Waals surface area contributed by atoms with Gasteiger partial charge in [0.25, 0.3) is 0 Å². The molecule has 1 aromatic rings. The van der Waals surface area contributed by atoms with E-state index >= 15 is 0 Å². The maximum Gasteiger partial charge on any atom is 0.141 e. The van der Waals surface area contributed by atoms with Crippen molar-refractivity contribution in [2.75, 3.05) is 13.7 Å². The Morgan fingerprint density at radius 1 is 1.50 bits per heavy atom. The molecule has 0 spiro atoms. The Balaban J connectivity index is 2.96. The fraction of sp³-hybridized carbons (Fsp3) is 0.500. The summed E-state index contributed by atoms with van der Waals surface area (Å²) in [4.78, 5) is 0. The molecule has 1 unspecified atom stereocenters. The molecule has 1 aromatic carbocycles. The van der Waals surface area contributed by atoms with Gasteiger partial charge in [-0.1, -0.05) is 6.92 Å². The van der Waals surface area contributed by atoms with E-state index in [1.165, 1.54) is 6.07 Å². The van der Waals surface area contributed by atoms with Gasteiger partial charge in [0.2, 0.25) is 0 Å². The highest BCUT2D eigenvalue weighted by molar-refractivity contribution is 9.10. The van der Waals surface area contributed by atoms with Gasteiger partial charge in [-0.25, -0.2) is 4.39 Å². The Kier molecular flexibility index (Phi) is 5.22. The van der Waals surface area contributed by atoms with Gasteiger partial charge in [-0.3, -0.25) is 0 Å². The third-order valence-corrected chi connectivity index (χ3v) is 3.05. The van der Waals surface area contributed by atoms with Crippen LogP contribution in [0.5, 0.6) is 5.75 Å². The standard InChI is InChI=1S/C12H17BrFNO/c1-4-5-15-8(2)9-6-10(13)11(14)7-12(9)16-3/h6-8,15H,4-5H2,1-3H3. The monoisotopic (exact) mass is 289 g/mol. The first-order chi connectivity index (χ1) is 7.60. The van der Waals surface area contributed by atoms with E-state index in [-0.39, 0.29) is 11.9 Å². The smallest absolute Gasteiger partial charge is 0.141 e. The van der Waals surface area contributed by atoms with Crippen LogP contribution in [-0.4, -0.2) is 13.7 Å². The molecule has 0 saturated heterocycles. The molecule has 2 nitrogen and oxygen atoms in total. The largest absolute Gasteiger partial charge is 0.496 e. The maximum absolute atomic E-state index is 13.3. The molecule has 1 rings (SSSR count). The van der Waals surface area contributed by atoms with Crippen LogP contribution in [0.2, 0.25) is 0 Å². The van der Waals surface area contributed by atoms with Crippen LogP contribution in [0, 0.1) is 5.82 Å². The molecule has 0 aromatic heterocycles. The molecule has 0 heterocycles. The van der Waals surface area contributed by atoms with Crippen LogP contribution in [0.25, 0.3) is 0 Å². The number of hydrogen-bond donors (Lipinski definition) is 1. The van der Waals surface area contributed by atoms with Crippen molar-refractivity contribution < 1.29 is 9.13 Å². The van der Waals surface area contributed by atoms with Gasteiger partial charge in [-0.2, -0.15) is 0 Å². The van der Waals surface area contributed by atoms with E-state index in [9.17, 15) is 4.39 Å². The first kappa shape index (κ1) is 13.5. The summed E-state index contributed by atoms with van der Waals surface area (Å²) in [5, 5.41) is 3.35. The quantitative estimate of drug-likeness (QED) is 0.893. The van der Waals surface area contributed by atoms with Crippen LogP contribution >= 0.6 is 15.9 Å². The van der Waals surface area contributed by atoms with Gasteiger partial charge in [0, 0.05) is 17.7 Å². The lowest BCUT2D eigenvalue weighted by Gasteiger charge is -2.17. The Labute approximate surface area is 104 Å². The molecular weight excluding hydrogens is 273 g/mol. The van der Waals surface area contributed by atoms with E-state index in [0.29, 0.717) is 10.2 Å². The van der Waals surface area contributed by atoms with Gasteiger partial charge in [-0.05, 0) is 41.9 Å². The molecule has 1 atom stereocenters. The third-order valence-electron chi connectivity index (χ3n) is 2.44. The SMILES string of the molecule is CCCNC(C)c1cc(Br)c(F)cc1OC. The van der Waals surface area contributed by atoms with E-state index in [1.54, 1.807) is 13.2 Å². The van der Waals surface area contributed by atoms with E-state index in [0.717, 1.165) is 18.5 Å². The van der Waals surface area contributed by atoms with Gasteiger partial charge < -0.3 is 10.1 Å². The van der Waals surface area contributed by atoms with E-state index in [4.69, 9.17) is 4.74 Å². The molecule has 1 N–H and O–H groups in total. The average Bonchev–Trinajstić information content (AvgIpc) is 2.28. The number of ether oxygens (including phenoxy) is 1. The number of rotatable bonds is 5. The molecule has 90 valence electrons. The zero-order valence-electron chi connectivity index (χ0n) is 9.81. The molecule has 0 aliphatic heterocycles. The topological polar surface area (TPSA) is 21.3 Å². The van der Waals surface area contributed by atoms with Crippen LogP contribution in [0.3, 0.4) is 0 Å². The highest BCUT2D eigenvalue weighted by Crippen LogP contribution is 2.30. The summed E-state index contributed by atoms with van der Waals surface area (Å²) in [5.74, 6) is 0.278. The van der Waals surface area contributed by atoms with Crippen molar-refractivity contribution in [1.82, 2.24) is 5.32 Å². The second-order valence-electron chi connectivity index (χ2n) is 3.68. The lowest BCUT2D eigenvalue weighted by atomic mass is 10.1. The minimum absolute atomic E-state index is 0.145. The minimum atomic E-state index is -0.303. The number of nitrogens with one attached hydrogen (secondary N) is 1. The second-order valence-corrected chi connectivity index (χ2v) is 4.54. The van der Waals surface area contributed by atoms with Crippen LogP contribution in [0.4, 0.5) is 4.39 Å². The van der Waals surface area contributed by atoms with E-state index in [2.05, 4.69) is 28.2 Å². The van der Waals surface area contributed by atoms with Crippen molar-refractivity contribution in [3.63, 3.8) is 0 Å². The molecule has 0 amide bonds. The fourth-order valence-corrected chi connectivity index (χ4v) is 1.89. The Morgan fingerprint density at radius 3 is 2.75 bits per heavy atom. The summed E-state index contributed by atoms with van der Waals surface area (Å²) >= 11 is 3.19. The minimum Gasteiger partial charge on any atom is -0.496 e. The molecular formula is C12H17BrFNO. The predicted octanol–water partition coefficient (Wildman–Crippen LogP) is 3.66. The predicted molar refractivity (Wildman–Crippen MR) is 67.4 cm³/mol. The van der Waals surface area contributed by atoms with Gasteiger partial charge in [0.05, 0.1) is 11.6 Å². The summed E-state index contributed by atoms with van der Waals surface area (Å²) < 4.78 is 19.0. The highest BCUT2D eigenvalue weighted by Gasteiger charge is 2.14. The molecule has 4 heteroatoms. The first-order valence-electron chi connectivity index (χ1n) is 5.36. The highest BCUT2D eigenvalue weighted by atomic mass is 79.9. The van der Waals surface area contributed by atoms with Gasteiger partial charge in [-0.15, -0.1) is 0 Å². The molecule has 0 aliphatic rings. The molecule has 0 radical (unpaired) electrons. The van der Waals surface area contributed by atoms with Crippen molar-refractivity contribution >= 4 is 15.9 Å². The van der Waals surface area contributed by atoms with Crippen molar-refractivity contribution in [2.45, 2.75) is 26.3 Å². The summed E-state index contributed by atoms with van der Waals surface area (Å²) in [7, 11) is 1.55. The zero-order chi connectivity index (χ0) is 12.1. The number of methoxy groups -OCH3 is 1. The summed E-state index contributed by atoms with van der Waals surface area (Å²) in [6.07, 6.45) is 1.06. The normalized spacial score (nSPS) is 12.6. The van der Waals surface area contributed by atoms with Crippen LogP contribution < -0.4 is 10.1 Å². The van der Waals surface area contributed by atoms with Crippen molar-refractivity contribution in [2.24, 2.45) is 0 Å². The number of benzene rings is 1. The average molecular weight is 290 g/mol. The van der Waals surface area contributed by atoms with Crippen LogP contribution in [0.15, 0.2) is 16.6 Å². The summed E-state index contributed by atoms with van der Waals surface area (Å²) in [6.45, 7) is 5.08. The Bertz CT molecular complexity index is 357. The van der Waals surface area contributed by atoms with Gasteiger partial charge >= 0.3 is 0 Å². The van der Waals surface area contributed by atoms with Crippen molar-refractivity contribution in [3.8, 4) is 5.75 Å². The maximum atomic E-state index is 13.3. The van der Waals surface area contributed by atoms with E-state index in [1.807, 2.05) is 6.92 Å². The second kappa shape index (κ2) is 6.21. The van der Waals surface area contributed by atoms with Crippen LogP contribution in [0.1, 0.15) is 31.9 Å². The molecule has 0 aliphatic carbocycles. The van der Waals surface area contributed by atoms with Gasteiger partial charge in [0.15, 0.2) is 0 Å². The zero-order valence-corrected chi connectivity index (χ0v) is 11.4.